The van der Waals surface area contributed by atoms with E-state index >= 15 is 0 Å². The fraction of sp³-hybridized carbons (Fsp3) is 0.462. The molecule has 0 aliphatic rings. The minimum absolute atomic E-state index is 0.242. The number of benzene rings is 1. The Labute approximate surface area is 111 Å². The normalized spacial score (nSPS) is 12.7. The monoisotopic (exact) mass is 271 g/mol. The van der Waals surface area contributed by atoms with Crippen molar-refractivity contribution in [3.05, 3.63) is 30.1 Å². The van der Waals surface area contributed by atoms with E-state index in [9.17, 15) is 9.18 Å². The van der Waals surface area contributed by atoms with Crippen LogP contribution in [-0.2, 0) is 4.79 Å². The maximum atomic E-state index is 12.7. The number of carboxylic acid groups (broad SMARTS) is 1. The highest BCUT2D eigenvalue weighted by Crippen LogP contribution is 2.18. The molecule has 1 unspecified atom stereocenters. The molecule has 1 aromatic rings. The second kappa shape index (κ2) is 7.38. The summed E-state index contributed by atoms with van der Waals surface area (Å²) in [6.45, 7) is 2.55. The molecule has 0 saturated heterocycles. The summed E-state index contributed by atoms with van der Waals surface area (Å²) in [6, 6.07) is 5.89. The van der Waals surface area contributed by atoms with Crippen molar-refractivity contribution < 1.29 is 14.3 Å². The molecule has 3 nitrogen and oxygen atoms in total. The van der Waals surface area contributed by atoms with Gasteiger partial charge < -0.3 is 5.11 Å². The first-order valence-electron chi connectivity index (χ1n) is 5.86. The Balaban J connectivity index is 2.37. The molecule has 0 bridgehead atoms. The number of aliphatic carboxylic acids is 1. The first-order valence-corrected chi connectivity index (χ1v) is 6.84. The molecular weight excluding hydrogens is 253 g/mol. The third-order valence-electron chi connectivity index (χ3n) is 2.73. The zero-order valence-corrected chi connectivity index (χ0v) is 11.4. The topological polar surface area (TPSA) is 40.5 Å². The molecular formula is C13H18FNO2S. The number of hydrogen-bond donors (Lipinski definition) is 1. The summed E-state index contributed by atoms with van der Waals surface area (Å²) in [6.07, 6.45) is 0.590. The van der Waals surface area contributed by atoms with E-state index in [2.05, 4.69) is 0 Å². The van der Waals surface area contributed by atoms with E-state index in [1.165, 1.54) is 12.1 Å². The van der Waals surface area contributed by atoms with Crippen LogP contribution in [0, 0.1) is 5.82 Å². The van der Waals surface area contributed by atoms with Crippen molar-refractivity contribution in [2.75, 3.05) is 19.3 Å². The maximum Gasteiger partial charge on any atom is 0.320 e. The van der Waals surface area contributed by atoms with Crippen molar-refractivity contribution in [3.63, 3.8) is 0 Å². The van der Waals surface area contributed by atoms with E-state index in [0.29, 0.717) is 13.0 Å². The van der Waals surface area contributed by atoms with E-state index in [1.54, 1.807) is 23.9 Å². The zero-order valence-electron chi connectivity index (χ0n) is 10.6. The van der Waals surface area contributed by atoms with Gasteiger partial charge in [0.15, 0.2) is 0 Å². The van der Waals surface area contributed by atoms with Crippen LogP contribution >= 0.6 is 11.8 Å². The third-order valence-corrected chi connectivity index (χ3v) is 3.72. The van der Waals surface area contributed by atoms with E-state index < -0.39 is 12.0 Å². The van der Waals surface area contributed by atoms with Gasteiger partial charge in [0, 0.05) is 17.2 Å². The Morgan fingerprint density at radius 1 is 1.44 bits per heavy atom. The first kappa shape index (κ1) is 15.0. The van der Waals surface area contributed by atoms with Crippen LogP contribution in [0.15, 0.2) is 29.2 Å². The molecule has 18 heavy (non-hydrogen) atoms. The highest BCUT2D eigenvalue weighted by Gasteiger charge is 2.19. The summed E-state index contributed by atoms with van der Waals surface area (Å²) < 4.78 is 12.7. The van der Waals surface area contributed by atoms with Gasteiger partial charge in [-0.15, -0.1) is 11.8 Å². The van der Waals surface area contributed by atoms with Crippen molar-refractivity contribution in [1.82, 2.24) is 4.90 Å². The molecule has 0 aliphatic carbocycles. The summed E-state index contributed by atoms with van der Waals surface area (Å²) in [5, 5.41) is 9.00. The van der Waals surface area contributed by atoms with Crippen LogP contribution in [0.4, 0.5) is 4.39 Å². The van der Waals surface area contributed by atoms with Crippen LogP contribution in [0.2, 0.25) is 0 Å². The predicted molar refractivity (Wildman–Crippen MR) is 71.5 cm³/mol. The Morgan fingerprint density at radius 2 is 2.06 bits per heavy atom. The van der Waals surface area contributed by atoms with E-state index in [1.807, 2.05) is 18.9 Å². The smallest absolute Gasteiger partial charge is 0.320 e. The second-order valence-corrected chi connectivity index (χ2v) is 5.21. The quantitative estimate of drug-likeness (QED) is 0.774. The molecule has 0 saturated carbocycles. The number of halogens is 1. The van der Waals surface area contributed by atoms with Gasteiger partial charge in [0.1, 0.15) is 11.9 Å². The average Bonchev–Trinajstić information content (AvgIpc) is 2.32. The van der Waals surface area contributed by atoms with Gasteiger partial charge in [-0.1, -0.05) is 6.92 Å². The van der Waals surface area contributed by atoms with Gasteiger partial charge in [0.25, 0.3) is 0 Å². The van der Waals surface area contributed by atoms with Crippen LogP contribution in [0.3, 0.4) is 0 Å². The largest absolute Gasteiger partial charge is 0.480 e. The Bertz CT molecular complexity index is 383. The van der Waals surface area contributed by atoms with Crippen LogP contribution in [0.1, 0.15) is 13.3 Å². The number of carboxylic acids is 1. The fourth-order valence-corrected chi connectivity index (χ4v) is 2.61. The highest BCUT2D eigenvalue weighted by molar-refractivity contribution is 7.99. The summed E-state index contributed by atoms with van der Waals surface area (Å²) in [5.74, 6) is -0.244. The maximum absolute atomic E-state index is 12.7. The molecule has 1 N–H and O–H groups in total. The molecule has 0 amide bonds. The van der Waals surface area contributed by atoms with E-state index in [-0.39, 0.29) is 5.82 Å². The van der Waals surface area contributed by atoms with Crippen LogP contribution < -0.4 is 0 Å². The molecule has 0 radical (unpaired) electrons. The Hall–Kier alpha value is -1.07. The van der Waals surface area contributed by atoms with Crippen molar-refractivity contribution in [1.29, 1.82) is 0 Å². The van der Waals surface area contributed by atoms with Crippen molar-refractivity contribution in [3.8, 4) is 0 Å². The first-order chi connectivity index (χ1) is 8.54. The second-order valence-electron chi connectivity index (χ2n) is 4.05. The SMILES string of the molecule is CCC(C(=O)O)N(C)CCSc1ccc(F)cc1. The van der Waals surface area contributed by atoms with Crippen LogP contribution in [0.5, 0.6) is 0 Å². The Morgan fingerprint density at radius 3 is 2.56 bits per heavy atom. The number of likely N-dealkylation sites (N-methyl/N-ethyl adjacent to an activating group) is 1. The summed E-state index contributed by atoms with van der Waals surface area (Å²) in [7, 11) is 1.81. The molecule has 0 aliphatic heterocycles. The van der Waals surface area contributed by atoms with Gasteiger partial charge >= 0.3 is 5.97 Å². The van der Waals surface area contributed by atoms with E-state index in [4.69, 9.17) is 5.11 Å². The third kappa shape index (κ3) is 4.66. The minimum atomic E-state index is -0.785. The van der Waals surface area contributed by atoms with Gasteiger partial charge in [-0.2, -0.15) is 0 Å². The van der Waals surface area contributed by atoms with Gasteiger partial charge in [-0.25, -0.2) is 4.39 Å². The molecule has 1 atom stereocenters. The van der Waals surface area contributed by atoms with Gasteiger partial charge in [0.05, 0.1) is 0 Å². The fourth-order valence-electron chi connectivity index (χ4n) is 1.67. The summed E-state index contributed by atoms with van der Waals surface area (Å²) >= 11 is 1.60. The lowest BCUT2D eigenvalue weighted by atomic mass is 10.2. The van der Waals surface area contributed by atoms with Gasteiger partial charge in [-0.3, -0.25) is 9.69 Å². The predicted octanol–water partition coefficient (Wildman–Crippen LogP) is 2.71. The molecule has 0 fully saturated rings. The summed E-state index contributed by atoms with van der Waals surface area (Å²) in [4.78, 5) is 13.8. The summed E-state index contributed by atoms with van der Waals surface area (Å²) in [5.41, 5.74) is 0. The Kier molecular flexibility index (Phi) is 6.15. The number of thioether (sulfide) groups is 1. The lowest BCUT2D eigenvalue weighted by Crippen LogP contribution is -2.39. The molecule has 100 valence electrons. The number of nitrogens with zero attached hydrogens (tertiary/aromatic N) is 1. The standard InChI is InChI=1S/C13H18FNO2S/c1-3-12(13(16)17)15(2)8-9-18-11-6-4-10(14)5-7-11/h4-7,12H,3,8-9H2,1-2H3,(H,16,17). The van der Waals surface area contributed by atoms with Gasteiger partial charge in [0.2, 0.25) is 0 Å². The van der Waals surface area contributed by atoms with Crippen LogP contribution in [-0.4, -0.2) is 41.4 Å². The highest BCUT2D eigenvalue weighted by atomic mass is 32.2. The van der Waals surface area contributed by atoms with Crippen LogP contribution in [0.25, 0.3) is 0 Å². The number of rotatable bonds is 7. The van der Waals surface area contributed by atoms with Crippen molar-refractivity contribution in [2.24, 2.45) is 0 Å². The molecule has 0 aromatic heterocycles. The minimum Gasteiger partial charge on any atom is -0.480 e. The molecule has 1 aromatic carbocycles. The van der Waals surface area contributed by atoms with Crippen molar-refractivity contribution >= 4 is 17.7 Å². The number of carbonyl (C=O) groups is 1. The molecule has 5 heteroatoms. The average molecular weight is 271 g/mol. The molecule has 1 rings (SSSR count). The van der Waals surface area contributed by atoms with Gasteiger partial charge in [-0.05, 0) is 37.7 Å². The number of hydrogen-bond acceptors (Lipinski definition) is 3. The zero-order chi connectivity index (χ0) is 13.5. The molecule has 0 heterocycles. The van der Waals surface area contributed by atoms with Crippen molar-refractivity contribution in [2.45, 2.75) is 24.3 Å². The lowest BCUT2D eigenvalue weighted by Gasteiger charge is -2.23. The molecule has 0 spiro atoms. The lowest BCUT2D eigenvalue weighted by molar-refractivity contribution is -0.142. The van der Waals surface area contributed by atoms with E-state index in [0.717, 1.165) is 10.6 Å².